The molecule has 16 heavy (non-hydrogen) atoms. The second-order valence-corrected chi connectivity index (χ2v) is 4.76. The van der Waals surface area contributed by atoms with Crippen molar-refractivity contribution >= 4 is 27.1 Å². The number of ether oxygens (including phenoxy) is 1. The molecule has 0 spiro atoms. The Morgan fingerprint density at radius 1 is 1.62 bits per heavy atom. The molecule has 0 bridgehead atoms. The van der Waals surface area contributed by atoms with Gasteiger partial charge in [-0.25, -0.2) is 9.78 Å². The lowest BCUT2D eigenvalue weighted by Gasteiger charge is -2.08. The molecule has 1 atom stereocenters. The topological polar surface area (TPSA) is 59.9 Å². The van der Waals surface area contributed by atoms with Crippen LogP contribution in [0.5, 0.6) is 0 Å². The first kappa shape index (κ1) is 10.0. The minimum absolute atomic E-state index is 0.106. The molecule has 6 heteroatoms. The lowest BCUT2D eigenvalue weighted by Crippen LogP contribution is -2.22. The van der Waals surface area contributed by atoms with Gasteiger partial charge < -0.3 is 9.72 Å². The number of fused-ring (bicyclic) bond motifs is 1. The Morgan fingerprint density at radius 2 is 2.50 bits per heavy atom. The molecule has 0 amide bonds. The number of aromatic nitrogens is 3. The molecule has 1 saturated heterocycles. The van der Waals surface area contributed by atoms with Gasteiger partial charge in [0, 0.05) is 17.3 Å². The number of nitrogens with one attached hydrogen (secondary N) is 1. The summed E-state index contributed by atoms with van der Waals surface area (Å²) in [4.78, 5) is 18.9. The van der Waals surface area contributed by atoms with E-state index in [1.807, 2.05) is 6.07 Å². The molecule has 84 valence electrons. The Bertz CT molecular complexity index is 583. The van der Waals surface area contributed by atoms with E-state index in [1.54, 1.807) is 10.8 Å². The van der Waals surface area contributed by atoms with E-state index >= 15 is 0 Å². The van der Waals surface area contributed by atoms with Gasteiger partial charge in [-0.05, 0) is 28.4 Å². The maximum atomic E-state index is 11.8. The summed E-state index contributed by atoms with van der Waals surface area (Å²) >= 11 is 3.33. The summed E-state index contributed by atoms with van der Waals surface area (Å²) in [5, 5.41) is 0. The van der Waals surface area contributed by atoms with Crippen LogP contribution >= 0.6 is 15.9 Å². The van der Waals surface area contributed by atoms with Crippen LogP contribution in [-0.2, 0) is 4.74 Å². The largest absolute Gasteiger partial charge is 0.379 e. The van der Waals surface area contributed by atoms with Crippen LogP contribution in [0.2, 0.25) is 0 Å². The predicted molar refractivity (Wildman–Crippen MR) is 62.5 cm³/mol. The van der Waals surface area contributed by atoms with Gasteiger partial charge in [0.1, 0.15) is 0 Å². The summed E-state index contributed by atoms with van der Waals surface area (Å²) in [7, 11) is 0. The lowest BCUT2D eigenvalue weighted by atomic mass is 10.2. The van der Waals surface area contributed by atoms with E-state index in [1.165, 1.54) is 0 Å². The molecule has 0 saturated carbocycles. The van der Waals surface area contributed by atoms with Gasteiger partial charge in [0.05, 0.1) is 18.2 Å². The second-order valence-electron chi connectivity index (χ2n) is 3.84. The molecule has 5 nitrogen and oxygen atoms in total. The van der Waals surface area contributed by atoms with Crippen LogP contribution in [-0.4, -0.2) is 27.7 Å². The van der Waals surface area contributed by atoms with Gasteiger partial charge in [-0.15, -0.1) is 0 Å². The molecule has 1 aliphatic rings. The number of aromatic amines is 1. The third kappa shape index (κ3) is 1.49. The highest BCUT2D eigenvalue weighted by Gasteiger charge is 2.22. The van der Waals surface area contributed by atoms with Gasteiger partial charge in [-0.1, -0.05) is 0 Å². The summed E-state index contributed by atoms with van der Waals surface area (Å²) < 4.78 is 7.84. The first-order valence-electron chi connectivity index (χ1n) is 5.09. The molecule has 0 aliphatic carbocycles. The number of hydrogen-bond acceptors (Lipinski definition) is 3. The monoisotopic (exact) mass is 283 g/mol. The summed E-state index contributed by atoms with van der Waals surface area (Å²) in [5.41, 5.74) is 1.34. The van der Waals surface area contributed by atoms with Gasteiger partial charge in [-0.2, -0.15) is 0 Å². The molecule has 1 aliphatic heterocycles. The molecular weight excluding hydrogens is 274 g/mol. The van der Waals surface area contributed by atoms with E-state index < -0.39 is 0 Å². The van der Waals surface area contributed by atoms with E-state index in [0.717, 1.165) is 16.4 Å². The van der Waals surface area contributed by atoms with E-state index in [-0.39, 0.29) is 11.7 Å². The van der Waals surface area contributed by atoms with Gasteiger partial charge in [0.25, 0.3) is 0 Å². The molecule has 0 aromatic carbocycles. The van der Waals surface area contributed by atoms with Crippen molar-refractivity contribution in [1.82, 2.24) is 14.5 Å². The molecule has 3 rings (SSSR count). The van der Waals surface area contributed by atoms with Crippen molar-refractivity contribution in [2.75, 3.05) is 13.2 Å². The smallest absolute Gasteiger partial charge is 0.328 e. The Morgan fingerprint density at radius 3 is 3.25 bits per heavy atom. The minimum atomic E-state index is -0.115. The Hall–Kier alpha value is -1.14. The fourth-order valence-electron chi connectivity index (χ4n) is 2.05. The van der Waals surface area contributed by atoms with Crippen molar-refractivity contribution in [3.63, 3.8) is 0 Å². The average Bonchev–Trinajstić information content (AvgIpc) is 2.83. The molecule has 0 radical (unpaired) electrons. The highest BCUT2D eigenvalue weighted by atomic mass is 79.9. The number of hydrogen-bond donors (Lipinski definition) is 1. The van der Waals surface area contributed by atoms with Crippen molar-refractivity contribution in [3.8, 4) is 0 Å². The van der Waals surface area contributed by atoms with Crippen LogP contribution in [0, 0.1) is 0 Å². The predicted octanol–water partition coefficient (Wildman–Crippen LogP) is 1.45. The first-order chi connectivity index (χ1) is 7.75. The van der Waals surface area contributed by atoms with Crippen molar-refractivity contribution in [2.24, 2.45) is 0 Å². The number of pyridine rings is 1. The molecular formula is C10H10BrN3O2. The Kier molecular flexibility index (Phi) is 2.33. The maximum absolute atomic E-state index is 11.8. The summed E-state index contributed by atoms with van der Waals surface area (Å²) in [6.45, 7) is 1.30. The quantitative estimate of drug-likeness (QED) is 0.862. The van der Waals surface area contributed by atoms with E-state index in [2.05, 4.69) is 25.9 Å². The Labute approximate surface area is 99.6 Å². The maximum Gasteiger partial charge on any atom is 0.328 e. The number of nitrogens with zero attached hydrogens (tertiary/aromatic N) is 2. The zero-order valence-electron chi connectivity index (χ0n) is 8.44. The van der Waals surface area contributed by atoms with Crippen LogP contribution in [0.4, 0.5) is 0 Å². The molecule has 2 aromatic rings. The molecule has 3 heterocycles. The summed E-state index contributed by atoms with van der Waals surface area (Å²) in [6.07, 6.45) is 2.56. The van der Waals surface area contributed by atoms with Crippen molar-refractivity contribution in [2.45, 2.75) is 12.5 Å². The van der Waals surface area contributed by atoms with Crippen LogP contribution < -0.4 is 5.69 Å². The van der Waals surface area contributed by atoms with Gasteiger partial charge >= 0.3 is 5.69 Å². The standard InChI is InChI=1S/C10H10BrN3O2/c11-6-3-8-9(12-4-6)14(10(15)13-8)7-1-2-16-5-7/h3-4,7H,1-2,5H2,(H,13,15). The zero-order chi connectivity index (χ0) is 11.1. The average molecular weight is 284 g/mol. The van der Waals surface area contributed by atoms with Crippen molar-refractivity contribution in [1.29, 1.82) is 0 Å². The number of imidazole rings is 1. The highest BCUT2D eigenvalue weighted by molar-refractivity contribution is 9.10. The van der Waals surface area contributed by atoms with Gasteiger partial charge in [-0.3, -0.25) is 4.57 Å². The molecule has 2 aromatic heterocycles. The molecule has 1 fully saturated rings. The fraction of sp³-hybridized carbons (Fsp3) is 0.400. The van der Waals surface area contributed by atoms with Crippen molar-refractivity contribution < 1.29 is 4.74 Å². The number of halogens is 1. The van der Waals surface area contributed by atoms with Crippen LogP contribution in [0.25, 0.3) is 11.2 Å². The minimum Gasteiger partial charge on any atom is -0.379 e. The first-order valence-corrected chi connectivity index (χ1v) is 5.88. The van der Waals surface area contributed by atoms with Crippen LogP contribution in [0.15, 0.2) is 21.5 Å². The third-order valence-electron chi connectivity index (χ3n) is 2.79. The van der Waals surface area contributed by atoms with Crippen LogP contribution in [0.3, 0.4) is 0 Å². The highest BCUT2D eigenvalue weighted by Crippen LogP contribution is 2.22. The summed E-state index contributed by atoms with van der Waals surface area (Å²) in [6, 6.07) is 1.96. The fourth-order valence-corrected chi connectivity index (χ4v) is 2.38. The normalized spacial score (nSPS) is 20.7. The van der Waals surface area contributed by atoms with E-state index in [0.29, 0.717) is 18.9 Å². The van der Waals surface area contributed by atoms with Gasteiger partial charge in [0.2, 0.25) is 0 Å². The van der Waals surface area contributed by atoms with Gasteiger partial charge in [0.15, 0.2) is 5.65 Å². The second kappa shape index (κ2) is 3.71. The SMILES string of the molecule is O=c1[nH]c2cc(Br)cnc2n1C1CCOC1. The van der Waals surface area contributed by atoms with E-state index in [9.17, 15) is 4.79 Å². The van der Waals surface area contributed by atoms with Crippen LogP contribution in [0.1, 0.15) is 12.5 Å². The zero-order valence-corrected chi connectivity index (χ0v) is 10.0. The van der Waals surface area contributed by atoms with Crippen molar-refractivity contribution in [3.05, 3.63) is 27.2 Å². The lowest BCUT2D eigenvalue weighted by molar-refractivity contribution is 0.186. The molecule has 1 unspecified atom stereocenters. The summed E-state index contributed by atoms with van der Waals surface area (Å²) in [5.74, 6) is 0. The number of rotatable bonds is 1. The Balaban J connectivity index is 2.23. The third-order valence-corrected chi connectivity index (χ3v) is 3.23. The molecule has 1 N–H and O–H groups in total. The van der Waals surface area contributed by atoms with E-state index in [4.69, 9.17) is 4.74 Å². The number of H-pyrrole nitrogens is 1.